The first-order valence-electron chi connectivity index (χ1n) is 10.3. The third kappa shape index (κ3) is 5.77. The Hall–Kier alpha value is -2.22. The second-order valence-electron chi connectivity index (χ2n) is 7.35. The number of rotatable bonds is 9. The van der Waals surface area contributed by atoms with E-state index in [0.29, 0.717) is 44.9 Å². The Morgan fingerprint density at radius 3 is 2.47 bits per heavy atom. The Balaban J connectivity index is 1.62. The Bertz CT molecular complexity index is 1020. The molecule has 32 heavy (non-hydrogen) atoms. The first-order chi connectivity index (χ1) is 15.3. The molecule has 8 heteroatoms. The van der Waals surface area contributed by atoms with Crippen LogP contribution in [0.2, 0.25) is 5.02 Å². The first-order valence-corrected chi connectivity index (χ1v) is 11.9. The van der Waals surface area contributed by atoms with E-state index < -0.39 is 0 Å². The van der Waals surface area contributed by atoms with Crippen molar-refractivity contribution in [2.45, 2.75) is 26.2 Å². The molecule has 0 radical (unpaired) electrons. The molecule has 1 heterocycles. The lowest BCUT2D eigenvalue weighted by molar-refractivity contribution is -0.121. The standard InChI is InChI=1S/C24H26ClNO4S2/c1-5-15(2)17-6-8-18(9-7-17)29-10-11-30-22-19(25)12-16(13-20(22)28-4)14-21-23(27)26(3)24(31)32-21/h6-9,12-15H,5,10-11H2,1-4H3/b21-14-/t15-/m1/s1. The minimum atomic E-state index is -0.134. The molecule has 0 aliphatic carbocycles. The molecule has 3 rings (SSSR count). The van der Waals surface area contributed by atoms with E-state index in [1.54, 1.807) is 32.4 Å². The SMILES string of the molecule is CC[C@@H](C)c1ccc(OCCOc2c(Cl)cc(/C=C3\SC(=S)N(C)C3=O)cc2OC)cc1. The number of methoxy groups -OCH3 is 1. The van der Waals surface area contributed by atoms with Crippen LogP contribution in [-0.2, 0) is 4.79 Å². The number of ether oxygens (including phenoxy) is 3. The highest BCUT2D eigenvalue weighted by Gasteiger charge is 2.28. The van der Waals surface area contributed by atoms with Gasteiger partial charge >= 0.3 is 0 Å². The monoisotopic (exact) mass is 491 g/mol. The average molecular weight is 492 g/mol. The third-order valence-electron chi connectivity index (χ3n) is 5.20. The summed E-state index contributed by atoms with van der Waals surface area (Å²) in [5.41, 5.74) is 2.03. The summed E-state index contributed by atoms with van der Waals surface area (Å²) in [6.07, 6.45) is 2.85. The van der Waals surface area contributed by atoms with Gasteiger partial charge < -0.3 is 14.2 Å². The normalized spacial score (nSPS) is 15.9. The van der Waals surface area contributed by atoms with Crippen LogP contribution >= 0.6 is 35.6 Å². The fraction of sp³-hybridized carbons (Fsp3) is 0.333. The van der Waals surface area contributed by atoms with Gasteiger partial charge in [-0.05, 0) is 53.8 Å². The van der Waals surface area contributed by atoms with Gasteiger partial charge in [0.25, 0.3) is 5.91 Å². The van der Waals surface area contributed by atoms with E-state index in [0.717, 1.165) is 17.7 Å². The molecule has 1 aliphatic rings. The topological polar surface area (TPSA) is 48.0 Å². The highest BCUT2D eigenvalue weighted by atomic mass is 35.5. The second-order valence-corrected chi connectivity index (χ2v) is 9.43. The quantitative estimate of drug-likeness (QED) is 0.238. The van der Waals surface area contributed by atoms with E-state index >= 15 is 0 Å². The third-order valence-corrected chi connectivity index (χ3v) is 6.96. The van der Waals surface area contributed by atoms with Crippen LogP contribution in [-0.4, -0.2) is 42.5 Å². The zero-order valence-corrected chi connectivity index (χ0v) is 20.9. The molecule has 0 bridgehead atoms. The van der Waals surface area contributed by atoms with Gasteiger partial charge in [0.15, 0.2) is 11.5 Å². The molecule has 2 aromatic rings. The van der Waals surface area contributed by atoms with Crippen molar-refractivity contribution in [2.24, 2.45) is 0 Å². The summed E-state index contributed by atoms with van der Waals surface area (Å²) in [5.74, 6) is 2.11. The minimum absolute atomic E-state index is 0.134. The lowest BCUT2D eigenvalue weighted by Gasteiger charge is -2.14. The van der Waals surface area contributed by atoms with Crippen LogP contribution in [0.1, 0.15) is 37.3 Å². The highest BCUT2D eigenvalue weighted by molar-refractivity contribution is 8.26. The Morgan fingerprint density at radius 1 is 1.19 bits per heavy atom. The van der Waals surface area contributed by atoms with Crippen molar-refractivity contribution in [3.05, 3.63) is 57.5 Å². The fourth-order valence-corrected chi connectivity index (χ4v) is 4.54. The maximum atomic E-state index is 12.2. The molecular formula is C24H26ClNO4S2. The number of likely N-dealkylation sites (N-methyl/N-ethyl adjacent to an activating group) is 1. The second kappa shape index (κ2) is 11.1. The van der Waals surface area contributed by atoms with E-state index in [4.69, 9.17) is 38.0 Å². The molecule has 2 aromatic carbocycles. The smallest absolute Gasteiger partial charge is 0.265 e. The summed E-state index contributed by atoms with van der Waals surface area (Å²) in [4.78, 5) is 14.2. The molecule has 0 N–H and O–H groups in total. The zero-order valence-electron chi connectivity index (χ0n) is 18.5. The van der Waals surface area contributed by atoms with E-state index in [9.17, 15) is 4.79 Å². The zero-order chi connectivity index (χ0) is 23.3. The summed E-state index contributed by atoms with van der Waals surface area (Å²) >= 11 is 12.9. The number of nitrogens with zero attached hydrogens (tertiary/aromatic N) is 1. The number of carbonyl (C=O) groups excluding carboxylic acids is 1. The predicted molar refractivity (Wildman–Crippen MR) is 135 cm³/mol. The van der Waals surface area contributed by atoms with Crippen molar-refractivity contribution < 1.29 is 19.0 Å². The van der Waals surface area contributed by atoms with Crippen LogP contribution in [0.3, 0.4) is 0 Å². The van der Waals surface area contributed by atoms with Crippen LogP contribution in [0.15, 0.2) is 41.3 Å². The number of hydrogen-bond donors (Lipinski definition) is 0. The van der Waals surface area contributed by atoms with E-state index in [1.807, 2.05) is 12.1 Å². The maximum absolute atomic E-state index is 12.2. The van der Waals surface area contributed by atoms with Crippen molar-refractivity contribution in [2.75, 3.05) is 27.4 Å². The number of carbonyl (C=O) groups is 1. The fourth-order valence-electron chi connectivity index (χ4n) is 3.09. The highest BCUT2D eigenvalue weighted by Crippen LogP contribution is 2.38. The van der Waals surface area contributed by atoms with Gasteiger partial charge in [-0.3, -0.25) is 9.69 Å². The number of halogens is 1. The summed E-state index contributed by atoms with van der Waals surface area (Å²) in [6.45, 7) is 5.05. The molecular weight excluding hydrogens is 466 g/mol. The predicted octanol–water partition coefficient (Wildman–Crippen LogP) is 6.15. The first kappa shape index (κ1) is 24.4. The summed E-state index contributed by atoms with van der Waals surface area (Å²) in [6, 6.07) is 11.6. The number of benzene rings is 2. The molecule has 0 saturated carbocycles. The van der Waals surface area contributed by atoms with E-state index in [2.05, 4.69) is 26.0 Å². The van der Waals surface area contributed by atoms with Crippen LogP contribution in [0, 0.1) is 0 Å². The molecule has 1 saturated heterocycles. The van der Waals surface area contributed by atoms with Crippen LogP contribution in [0.5, 0.6) is 17.2 Å². The van der Waals surface area contributed by atoms with Gasteiger partial charge in [-0.15, -0.1) is 0 Å². The largest absolute Gasteiger partial charge is 0.493 e. The van der Waals surface area contributed by atoms with Crippen LogP contribution in [0.4, 0.5) is 0 Å². The van der Waals surface area contributed by atoms with Gasteiger partial charge in [-0.1, -0.05) is 61.6 Å². The van der Waals surface area contributed by atoms with Crippen molar-refractivity contribution in [1.82, 2.24) is 4.90 Å². The molecule has 170 valence electrons. The van der Waals surface area contributed by atoms with Gasteiger partial charge in [-0.2, -0.15) is 0 Å². The lowest BCUT2D eigenvalue weighted by atomic mass is 9.99. The molecule has 0 unspecified atom stereocenters. The number of amides is 1. The Kier molecular flexibility index (Phi) is 8.45. The van der Waals surface area contributed by atoms with Crippen molar-refractivity contribution in [3.63, 3.8) is 0 Å². The van der Waals surface area contributed by atoms with Crippen molar-refractivity contribution >= 4 is 51.9 Å². The summed E-state index contributed by atoms with van der Waals surface area (Å²) in [7, 11) is 3.20. The summed E-state index contributed by atoms with van der Waals surface area (Å²) in [5, 5.41) is 0.389. The maximum Gasteiger partial charge on any atom is 0.265 e. The van der Waals surface area contributed by atoms with Crippen LogP contribution < -0.4 is 14.2 Å². The van der Waals surface area contributed by atoms with E-state index in [-0.39, 0.29) is 5.91 Å². The van der Waals surface area contributed by atoms with Crippen molar-refractivity contribution in [1.29, 1.82) is 0 Å². The molecule has 1 fully saturated rings. The summed E-state index contributed by atoms with van der Waals surface area (Å²) < 4.78 is 17.6. The Morgan fingerprint density at radius 2 is 1.88 bits per heavy atom. The molecule has 1 atom stereocenters. The van der Waals surface area contributed by atoms with Crippen molar-refractivity contribution in [3.8, 4) is 17.2 Å². The minimum Gasteiger partial charge on any atom is -0.493 e. The van der Waals surface area contributed by atoms with Gasteiger partial charge in [0.05, 0.1) is 17.0 Å². The number of hydrogen-bond acceptors (Lipinski definition) is 6. The van der Waals surface area contributed by atoms with E-state index in [1.165, 1.54) is 22.2 Å². The van der Waals surface area contributed by atoms with Crippen LogP contribution in [0.25, 0.3) is 6.08 Å². The molecule has 1 amide bonds. The van der Waals surface area contributed by atoms with Gasteiger partial charge in [0.1, 0.15) is 23.3 Å². The number of thiocarbonyl (C=S) groups is 1. The lowest BCUT2D eigenvalue weighted by Crippen LogP contribution is -2.22. The number of thioether (sulfide) groups is 1. The Labute approximate surface area is 203 Å². The van der Waals surface area contributed by atoms with Gasteiger partial charge in [-0.25, -0.2) is 0 Å². The molecule has 0 spiro atoms. The molecule has 0 aromatic heterocycles. The van der Waals surface area contributed by atoms with Gasteiger partial charge in [0, 0.05) is 7.05 Å². The van der Waals surface area contributed by atoms with Gasteiger partial charge in [0.2, 0.25) is 0 Å². The molecule has 5 nitrogen and oxygen atoms in total. The molecule has 1 aliphatic heterocycles. The average Bonchev–Trinajstić information content (AvgIpc) is 3.03.